The Kier molecular flexibility index (Phi) is 6.60. The van der Waals surface area contributed by atoms with Crippen LogP contribution in [0.5, 0.6) is 0 Å². The van der Waals surface area contributed by atoms with Crippen LogP contribution in [0.15, 0.2) is 78.0 Å². The number of nitrogens with one attached hydrogen (secondary N) is 3. The number of carbonyl (C=O) groups is 1. The molecule has 0 unspecified atom stereocenters. The highest BCUT2D eigenvalue weighted by Crippen LogP contribution is 2.30. The molecular formula is C23H26N4O3S. The smallest absolute Gasteiger partial charge is 0.319 e. The first-order valence-electron chi connectivity index (χ1n) is 9.81. The van der Waals surface area contributed by atoms with E-state index in [1.165, 1.54) is 12.1 Å². The summed E-state index contributed by atoms with van der Waals surface area (Å²) in [5, 5.41) is 5.41. The van der Waals surface area contributed by atoms with Gasteiger partial charge < -0.3 is 10.6 Å². The topological polar surface area (TPSA) is 100 Å². The second-order valence-electron chi connectivity index (χ2n) is 8.09. The summed E-state index contributed by atoms with van der Waals surface area (Å²) < 4.78 is 28.4. The molecule has 3 aromatic rings. The molecule has 0 spiro atoms. The van der Waals surface area contributed by atoms with E-state index in [1.807, 2.05) is 39.0 Å². The van der Waals surface area contributed by atoms with Gasteiger partial charge in [-0.3, -0.25) is 9.71 Å². The van der Waals surface area contributed by atoms with E-state index in [9.17, 15) is 13.2 Å². The number of hydrogen-bond donors (Lipinski definition) is 3. The number of anilines is 2. The second kappa shape index (κ2) is 9.18. The molecular weight excluding hydrogens is 412 g/mol. The van der Waals surface area contributed by atoms with E-state index < -0.39 is 16.1 Å². The molecule has 1 aromatic heterocycles. The standard InChI is InChI=1S/C23H26N4O3S/c1-23(2,3)20-8-4-5-9-21(20)27-31(29,30)19-12-10-18(11-13-19)26-22(28)25-16-17-7-6-14-24-15-17/h4-15,27H,16H2,1-3H3,(H2,25,26,28). The molecule has 0 saturated heterocycles. The summed E-state index contributed by atoms with van der Waals surface area (Å²) in [6, 6.07) is 16.6. The SMILES string of the molecule is CC(C)(C)c1ccccc1NS(=O)(=O)c1ccc(NC(=O)NCc2cccnc2)cc1. The fourth-order valence-corrected chi connectivity index (χ4v) is 4.09. The van der Waals surface area contributed by atoms with Crippen LogP contribution < -0.4 is 15.4 Å². The highest BCUT2D eigenvalue weighted by atomic mass is 32.2. The zero-order valence-corrected chi connectivity index (χ0v) is 18.5. The highest BCUT2D eigenvalue weighted by Gasteiger charge is 2.21. The Labute approximate surface area is 183 Å². The van der Waals surface area contributed by atoms with Gasteiger partial charge in [0.15, 0.2) is 0 Å². The number of hydrogen-bond acceptors (Lipinski definition) is 4. The summed E-state index contributed by atoms with van der Waals surface area (Å²) in [5.74, 6) is 0. The van der Waals surface area contributed by atoms with Crippen LogP contribution in [-0.2, 0) is 22.0 Å². The lowest BCUT2D eigenvalue weighted by Gasteiger charge is -2.23. The normalized spacial score (nSPS) is 11.6. The zero-order valence-electron chi connectivity index (χ0n) is 17.7. The van der Waals surface area contributed by atoms with Crippen LogP contribution in [0, 0.1) is 0 Å². The number of benzene rings is 2. The molecule has 0 aliphatic rings. The summed E-state index contributed by atoms with van der Waals surface area (Å²) in [4.78, 5) is 16.2. The van der Waals surface area contributed by atoms with Crippen molar-refractivity contribution < 1.29 is 13.2 Å². The summed E-state index contributed by atoms with van der Waals surface area (Å²) in [6.45, 7) is 6.42. The number of carbonyl (C=O) groups excluding carboxylic acids is 1. The van der Waals surface area contributed by atoms with Gasteiger partial charge in [0.1, 0.15) is 0 Å². The molecule has 0 saturated carbocycles. The van der Waals surface area contributed by atoms with Gasteiger partial charge in [0.05, 0.1) is 10.6 Å². The molecule has 3 rings (SSSR count). The number of rotatable bonds is 6. The van der Waals surface area contributed by atoms with Crippen molar-refractivity contribution in [2.24, 2.45) is 0 Å². The maximum absolute atomic E-state index is 12.9. The third-order valence-electron chi connectivity index (χ3n) is 4.58. The second-order valence-corrected chi connectivity index (χ2v) is 9.78. The molecule has 0 aliphatic carbocycles. The Hall–Kier alpha value is -3.39. The Balaban J connectivity index is 1.66. The third kappa shape index (κ3) is 6.05. The van der Waals surface area contributed by atoms with E-state index in [4.69, 9.17) is 0 Å². The van der Waals surface area contributed by atoms with Crippen LogP contribution in [0.3, 0.4) is 0 Å². The van der Waals surface area contributed by atoms with E-state index >= 15 is 0 Å². The van der Waals surface area contributed by atoms with E-state index in [2.05, 4.69) is 20.3 Å². The van der Waals surface area contributed by atoms with Crippen molar-refractivity contribution in [1.29, 1.82) is 0 Å². The lowest BCUT2D eigenvalue weighted by molar-refractivity contribution is 0.251. The Morgan fingerprint density at radius 2 is 1.68 bits per heavy atom. The number of urea groups is 1. The van der Waals surface area contributed by atoms with Crippen LogP contribution in [0.2, 0.25) is 0 Å². The molecule has 0 aliphatic heterocycles. The minimum absolute atomic E-state index is 0.109. The van der Waals surface area contributed by atoms with Gasteiger partial charge in [0, 0.05) is 24.6 Å². The maximum Gasteiger partial charge on any atom is 0.319 e. The molecule has 0 fully saturated rings. The van der Waals surface area contributed by atoms with E-state index in [0.29, 0.717) is 17.9 Å². The van der Waals surface area contributed by atoms with Crippen LogP contribution >= 0.6 is 0 Å². The van der Waals surface area contributed by atoms with Crippen molar-refractivity contribution >= 4 is 27.4 Å². The third-order valence-corrected chi connectivity index (χ3v) is 5.96. The summed E-state index contributed by atoms with van der Waals surface area (Å²) in [6.07, 6.45) is 3.33. The number of amides is 2. The lowest BCUT2D eigenvalue weighted by atomic mass is 9.86. The van der Waals surface area contributed by atoms with E-state index in [0.717, 1.165) is 11.1 Å². The van der Waals surface area contributed by atoms with Gasteiger partial charge in [0.2, 0.25) is 0 Å². The minimum Gasteiger partial charge on any atom is -0.334 e. The van der Waals surface area contributed by atoms with Gasteiger partial charge in [-0.2, -0.15) is 0 Å². The fourth-order valence-electron chi connectivity index (χ4n) is 3.01. The largest absolute Gasteiger partial charge is 0.334 e. The Bertz CT molecular complexity index is 1140. The summed E-state index contributed by atoms with van der Waals surface area (Å²) in [7, 11) is -3.77. The maximum atomic E-state index is 12.9. The highest BCUT2D eigenvalue weighted by molar-refractivity contribution is 7.92. The monoisotopic (exact) mass is 438 g/mol. The molecule has 0 bridgehead atoms. The summed E-state index contributed by atoms with van der Waals surface area (Å²) >= 11 is 0. The Morgan fingerprint density at radius 1 is 0.968 bits per heavy atom. The quantitative estimate of drug-likeness (QED) is 0.527. The number of para-hydroxylation sites is 1. The zero-order chi connectivity index (χ0) is 22.5. The van der Waals surface area contributed by atoms with Crippen molar-refractivity contribution in [3.8, 4) is 0 Å². The predicted octanol–water partition coefficient (Wildman–Crippen LogP) is 4.50. The first-order valence-corrected chi connectivity index (χ1v) is 11.3. The van der Waals surface area contributed by atoms with Crippen molar-refractivity contribution in [3.63, 3.8) is 0 Å². The average Bonchev–Trinajstić information content (AvgIpc) is 2.73. The molecule has 0 radical (unpaired) electrons. The molecule has 1 heterocycles. The van der Waals surface area contributed by atoms with Gasteiger partial charge >= 0.3 is 6.03 Å². The van der Waals surface area contributed by atoms with Gasteiger partial charge in [-0.1, -0.05) is 45.0 Å². The molecule has 0 atom stereocenters. The minimum atomic E-state index is -3.77. The van der Waals surface area contributed by atoms with Crippen molar-refractivity contribution in [1.82, 2.24) is 10.3 Å². The van der Waals surface area contributed by atoms with Crippen LogP contribution in [0.1, 0.15) is 31.9 Å². The van der Waals surface area contributed by atoms with E-state index in [-0.39, 0.29) is 10.3 Å². The van der Waals surface area contributed by atoms with Crippen molar-refractivity contribution in [3.05, 3.63) is 84.2 Å². The van der Waals surface area contributed by atoms with Gasteiger partial charge in [0.25, 0.3) is 10.0 Å². The summed E-state index contributed by atoms with van der Waals surface area (Å²) in [5.41, 5.74) is 2.60. The fraction of sp³-hybridized carbons (Fsp3) is 0.217. The van der Waals surface area contributed by atoms with Gasteiger partial charge in [-0.25, -0.2) is 13.2 Å². The number of sulfonamides is 1. The lowest BCUT2D eigenvalue weighted by Crippen LogP contribution is -2.28. The van der Waals surface area contributed by atoms with Crippen molar-refractivity contribution in [2.75, 3.05) is 10.0 Å². The van der Waals surface area contributed by atoms with Gasteiger partial charge in [-0.05, 0) is 52.9 Å². The molecule has 2 amide bonds. The number of aromatic nitrogens is 1. The Morgan fingerprint density at radius 3 is 2.32 bits per heavy atom. The first-order chi connectivity index (χ1) is 14.6. The van der Waals surface area contributed by atoms with Crippen LogP contribution in [0.25, 0.3) is 0 Å². The molecule has 7 nitrogen and oxygen atoms in total. The molecule has 3 N–H and O–H groups in total. The molecule has 2 aromatic carbocycles. The van der Waals surface area contributed by atoms with E-state index in [1.54, 1.807) is 42.7 Å². The van der Waals surface area contributed by atoms with Crippen molar-refractivity contribution in [2.45, 2.75) is 37.6 Å². The molecule has 162 valence electrons. The number of nitrogens with zero attached hydrogens (tertiary/aromatic N) is 1. The predicted molar refractivity (Wildman–Crippen MR) is 122 cm³/mol. The first kappa shape index (κ1) is 22.3. The molecule has 8 heteroatoms. The van der Waals surface area contributed by atoms with Crippen LogP contribution in [0.4, 0.5) is 16.2 Å². The number of pyridine rings is 1. The molecule has 31 heavy (non-hydrogen) atoms. The average molecular weight is 439 g/mol. The van der Waals surface area contributed by atoms with Crippen LogP contribution in [-0.4, -0.2) is 19.4 Å². The van der Waals surface area contributed by atoms with Gasteiger partial charge in [-0.15, -0.1) is 0 Å².